The lowest BCUT2D eigenvalue weighted by Crippen LogP contribution is -2.48. The van der Waals surface area contributed by atoms with Gasteiger partial charge in [0.15, 0.2) is 0 Å². The molecule has 152 valence electrons. The normalized spacial score (nSPS) is 22.3. The number of nitrogens with one attached hydrogen (secondary N) is 1. The molecule has 30 heavy (non-hydrogen) atoms. The predicted molar refractivity (Wildman–Crippen MR) is 114 cm³/mol. The van der Waals surface area contributed by atoms with E-state index < -0.39 is 0 Å². The van der Waals surface area contributed by atoms with Crippen molar-refractivity contribution in [2.45, 2.75) is 38.8 Å². The maximum Gasteiger partial charge on any atom is 0.256 e. The fraction of sp³-hybridized carbons (Fsp3) is 0.348. The molecule has 0 spiro atoms. The third-order valence-corrected chi connectivity index (χ3v) is 6.13. The largest absolute Gasteiger partial charge is 0.364 e. The van der Waals surface area contributed by atoms with Crippen molar-refractivity contribution in [3.8, 4) is 11.4 Å². The Kier molecular flexibility index (Phi) is 4.65. The Bertz CT molecular complexity index is 1080. The van der Waals surface area contributed by atoms with Crippen molar-refractivity contribution < 1.29 is 4.79 Å². The van der Waals surface area contributed by atoms with Gasteiger partial charge in [0.25, 0.3) is 5.91 Å². The average Bonchev–Trinajstić information content (AvgIpc) is 3.36. The highest BCUT2D eigenvalue weighted by atomic mass is 16.2. The summed E-state index contributed by atoms with van der Waals surface area (Å²) < 4.78 is 0. The molecule has 3 aromatic heterocycles. The van der Waals surface area contributed by atoms with Crippen LogP contribution in [0.25, 0.3) is 11.4 Å². The van der Waals surface area contributed by atoms with Crippen molar-refractivity contribution in [1.82, 2.24) is 24.8 Å². The first-order chi connectivity index (χ1) is 14.6. The third-order valence-electron chi connectivity index (χ3n) is 6.13. The summed E-state index contributed by atoms with van der Waals surface area (Å²) in [6, 6.07) is 7.89. The van der Waals surface area contributed by atoms with E-state index in [0.717, 1.165) is 42.2 Å². The molecule has 7 nitrogen and oxygen atoms in total. The lowest BCUT2D eigenvalue weighted by molar-refractivity contribution is 0.0692. The van der Waals surface area contributed by atoms with Gasteiger partial charge in [-0.2, -0.15) is 0 Å². The maximum atomic E-state index is 13.6. The minimum Gasteiger partial charge on any atom is -0.364 e. The van der Waals surface area contributed by atoms with Crippen LogP contribution in [0.3, 0.4) is 0 Å². The molecule has 1 N–H and O–H groups in total. The van der Waals surface area contributed by atoms with E-state index in [-0.39, 0.29) is 18.0 Å². The summed E-state index contributed by atoms with van der Waals surface area (Å²) >= 11 is 0. The van der Waals surface area contributed by atoms with Gasteiger partial charge >= 0.3 is 0 Å². The van der Waals surface area contributed by atoms with E-state index in [1.165, 1.54) is 0 Å². The SMILES string of the molecule is Cc1cnc(NC2CC3CC2N(C(=O)c2cccnc2-c2ncccc2C)C3)cn1. The van der Waals surface area contributed by atoms with Gasteiger partial charge in [0.2, 0.25) is 0 Å². The highest BCUT2D eigenvalue weighted by Crippen LogP contribution is 2.40. The number of aromatic nitrogens is 4. The molecule has 4 heterocycles. The van der Waals surface area contributed by atoms with Crippen LogP contribution >= 0.6 is 0 Å². The van der Waals surface area contributed by atoms with Crippen molar-refractivity contribution >= 4 is 11.7 Å². The lowest BCUT2D eigenvalue weighted by Gasteiger charge is -2.34. The van der Waals surface area contributed by atoms with E-state index in [9.17, 15) is 4.79 Å². The zero-order valence-electron chi connectivity index (χ0n) is 17.1. The van der Waals surface area contributed by atoms with Gasteiger partial charge in [0, 0.05) is 25.0 Å². The van der Waals surface area contributed by atoms with Crippen LogP contribution < -0.4 is 5.32 Å². The Labute approximate surface area is 175 Å². The Morgan fingerprint density at radius 3 is 2.53 bits per heavy atom. The third kappa shape index (κ3) is 3.30. The molecule has 2 bridgehead atoms. The number of anilines is 1. The molecule has 1 saturated carbocycles. The first kappa shape index (κ1) is 18.7. The predicted octanol–water partition coefficient (Wildman–Crippen LogP) is 3.27. The number of carbonyl (C=O) groups is 1. The monoisotopic (exact) mass is 400 g/mol. The summed E-state index contributed by atoms with van der Waals surface area (Å²) in [6.07, 6.45) is 9.04. The molecule has 3 atom stereocenters. The summed E-state index contributed by atoms with van der Waals surface area (Å²) in [5.74, 6) is 1.29. The lowest BCUT2D eigenvalue weighted by atomic mass is 10.0. The fourth-order valence-electron chi connectivity index (χ4n) is 4.73. The second-order valence-electron chi connectivity index (χ2n) is 8.22. The van der Waals surface area contributed by atoms with E-state index in [1.807, 2.05) is 43.0 Å². The molecule has 7 heteroatoms. The summed E-state index contributed by atoms with van der Waals surface area (Å²) in [5.41, 5.74) is 3.92. The number of nitrogens with zero attached hydrogens (tertiary/aromatic N) is 5. The van der Waals surface area contributed by atoms with E-state index >= 15 is 0 Å². The first-order valence-electron chi connectivity index (χ1n) is 10.3. The van der Waals surface area contributed by atoms with Gasteiger partial charge < -0.3 is 10.2 Å². The number of amides is 1. The fourth-order valence-corrected chi connectivity index (χ4v) is 4.73. The molecule has 1 saturated heterocycles. The van der Waals surface area contributed by atoms with Gasteiger partial charge in [-0.05, 0) is 56.4 Å². The Morgan fingerprint density at radius 1 is 1.00 bits per heavy atom. The number of fused-ring (bicyclic) bond motifs is 2. The zero-order valence-corrected chi connectivity index (χ0v) is 17.1. The summed E-state index contributed by atoms with van der Waals surface area (Å²) in [6.45, 7) is 4.70. The molecule has 2 aliphatic rings. The van der Waals surface area contributed by atoms with Crippen LogP contribution in [0.1, 0.15) is 34.5 Å². The van der Waals surface area contributed by atoms with E-state index in [4.69, 9.17) is 0 Å². The molecule has 3 unspecified atom stereocenters. The number of carbonyl (C=O) groups excluding carboxylic acids is 1. The Morgan fingerprint density at radius 2 is 1.80 bits per heavy atom. The van der Waals surface area contributed by atoms with Crippen molar-refractivity contribution in [3.63, 3.8) is 0 Å². The highest BCUT2D eigenvalue weighted by Gasteiger charge is 2.47. The number of piperidine rings is 1. The molecule has 1 aliphatic heterocycles. The molecular weight excluding hydrogens is 376 g/mol. The van der Waals surface area contributed by atoms with Crippen LogP contribution in [0.15, 0.2) is 49.1 Å². The zero-order chi connectivity index (χ0) is 20.7. The van der Waals surface area contributed by atoms with Crippen LogP contribution in [-0.2, 0) is 0 Å². The quantitative estimate of drug-likeness (QED) is 0.724. The molecule has 5 rings (SSSR count). The highest BCUT2D eigenvalue weighted by molar-refractivity contribution is 6.00. The number of hydrogen-bond donors (Lipinski definition) is 1. The van der Waals surface area contributed by atoms with Crippen molar-refractivity contribution in [3.05, 3.63) is 65.9 Å². The number of rotatable bonds is 4. The molecular formula is C23H24N6O. The Hall–Kier alpha value is -3.35. The molecule has 0 radical (unpaired) electrons. The summed E-state index contributed by atoms with van der Waals surface area (Å²) in [5, 5.41) is 3.50. The number of aryl methyl sites for hydroxylation is 2. The minimum absolute atomic E-state index is 0.0251. The molecule has 1 amide bonds. The van der Waals surface area contributed by atoms with E-state index in [1.54, 1.807) is 24.8 Å². The average molecular weight is 400 g/mol. The van der Waals surface area contributed by atoms with Crippen molar-refractivity contribution in [1.29, 1.82) is 0 Å². The summed E-state index contributed by atoms with van der Waals surface area (Å²) in [4.78, 5) is 33.3. The van der Waals surface area contributed by atoms with Gasteiger partial charge in [-0.15, -0.1) is 0 Å². The smallest absolute Gasteiger partial charge is 0.256 e. The topological polar surface area (TPSA) is 83.9 Å². The molecule has 1 aliphatic carbocycles. The van der Waals surface area contributed by atoms with Crippen molar-refractivity contribution in [2.75, 3.05) is 11.9 Å². The van der Waals surface area contributed by atoms with E-state index in [2.05, 4.69) is 25.3 Å². The van der Waals surface area contributed by atoms with Crippen LogP contribution in [-0.4, -0.2) is 49.4 Å². The standard InChI is InChI=1S/C23H24N6O/c1-14-5-3-7-24-21(14)22-17(6-4-8-25-22)23(30)29-13-16-9-18(19(29)10-16)28-20-12-26-15(2)11-27-20/h3-8,11-12,16,18-19H,9-10,13H2,1-2H3,(H,27,28). The molecule has 0 aromatic carbocycles. The van der Waals surface area contributed by atoms with Gasteiger partial charge in [-0.25, -0.2) is 4.98 Å². The van der Waals surface area contributed by atoms with E-state index in [0.29, 0.717) is 17.2 Å². The molecule has 3 aromatic rings. The minimum atomic E-state index is 0.0251. The van der Waals surface area contributed by atoms with Crippen LogP contribution in [0.2, 0.25) is 0 Å². The maximum absolute atomic E-state index is 13.6. The van der Waals surface area contributed by atoms with Crippen molar-refractivity contribution in [2.24, 2.45) is 5.92 Å². The second kappa shape index (κ2) is 7.48. The first-order valence-corrected chi connectivity index (χ1v) is 10.3. The van der Waals surface area contributed by atoms with Gasteiger partial charge in [0.05, 0.1) is 35.4 Å². The number of likely N-dealkylation sites (tertiary alicyclic amines) is 1. The number of pyridine rings is 2. The number of hydrogen-bond acceptors (Lipinski definition) is 6. The van der Waals surface area contributed by atoms with Crippen LogP contribution in [0.5, 0.6) is 0 Å². The van der Waals surface area contributed by atoms with Crippen LogP contribution in [0, 0.1) is 19.8 Å². The van der Waals surface area contributed by atoms with Gasteiger partial charge in [-0.3, -0.25) is 19.7 Å². The summed E-state index contributed by atoms with van der Waals surface area (Å²) in [7, 11) is 0. The van der Waals surface area contributed by atoms with Gasteiger partial charge in [-0.1, -0.05) is 6.07 Å². The van der Waals surface area contributed by atoms with Gasteiger partial charge in [0.1, 0.15) is 11.5 Å². The Balaban J connectivity index is 1.41. The van der Waals surface area contributed by atoms with Crippen LogP contribution in [0.4, 0.5) is 5.82 Å². The molecule has 2 fully saturated rings. The second-order valence-corrected chi connectivity index (χ2v) is 8.22.